The van der Waals surface area contributed by atoms with Crippen molar-refractivity contribution in [3.05, 3.63) is 53.6 Å². The minimum Gasteiger partial charge on any atom is -0.493 e. The summed E-state index contributed by atoms with van der Waals surface area (Å²) in [6.45, 7) is 0. The Bertz CT molecular complexity index is 997. The average Bonchev–Trinajstić information content (AvgIpc) is 2.78. The molecule has 1 atom stereocenters. The summed E-state index contributed by atoms with van der Waals surface area (Å²) in [6, 6.07) is 10.8. The van der Waals surface area contributed by atoms with E-state index in [9.17, 15) is 18.3 Å². The van der Waals surface area contributed by atoms with Crippen LogP contribution >= 0.6 is 0 Å². The van der Waals surface area contributed by atoms with Crippen molar-refractivity contribution in [3.8, 4) is 11.5 Å². The van der Waals surface area contributed by atoms with E-state index in [-0.39, 0.29) is 4.90 Å². The van der Waals surface area contributed by atoms with Crippen LogP contribution < -0.4 is 14.2 Å². The van der Waals surface area contributed by atoms with E-state index in [1.165, 1.54) is 33.5 Å². The topological polar surface area (TPSA) is 102 Å². The minimum atomic E-state index is -3.92. The van der Waals surface area contributed by atoms with Gasteiger partial charge in [-0.25, -0.2) is 13.1 Å². The Morgan fingerprint density at radius 2 is 1.68 bits per heavy atom. The maximum absolute atomic E-state index is 13.0. The molecule has 31 heavy (non-hydrogen) atoms. The average molecular weight is 448 g/mol. The van der Waals surface area contributed by atoms with Crippen LogP contribution in [0.25, 0.3) is 0 Å². The number of sulfonamides is 1. The number of hydrogen-bond donors (Lipinski definition) is 2. The van der Waals surface area contributed by atoms with E-state index < -0.39 is 28.5 Å². The zero-order valence-electron chi connectivity index (χ0n) is 17.8. The molecule has 3 rings (SSSR count). The lowest BCUT2D eigenvalue weighted by Crippen LogP contribution is -2.30. The molecule has 0 saturated heterocycles. The highest BCUT2D eigenvalue weighted by Crippen LogP contribution is 2.34. The van der Waals surface area contributed by atoms with Gasteiger partial charge in [-0.3, -0.25) is 4.79 Å². The van der Waals surface area contributed by atoms with Crippen LogP contribution in [0.2, 0.25) is 0 Å². The predicted octanol–water partition coefficient (Wildman–Crippen LogP) is 4.25. The van der Waals surface area contributed by atoms with Crippen LogP contribution in [-0.4, -0.2) is 33.7 Å². The third-order valence-electron chi connectivity index (χ3n) is 5.75. The van der Waals surface area contributed by atoms with Crippen LogP contribution in [0, 0.1) is 0 Å². The number of aliphatic carboxylic acids is 1. The monoisotopic (exact) mass is 447 g/mol. The van der Waals surface area contributed by atoms with Crippen molar-refractivity contribution in [2.45, 2.75) is 55.4 Å². The number of carboxylic acid groups (broad SMARTS) is 1. The van der Waals surface area contributed by atoms with Gasteiger partial charge < -0.3 is 14.6 Å². The summed E-state index contributed by atoms with van der Waals surface area (Å²) in [5.74, 6) is 0.230. The van der Waals surface area contributed by atoms with Crippen molar-refractivity contribution < 1.29 is 27.8 Å². The largest absolute Gasteiger partial charge is 0.493 e. The summed E-state index contributed by atoms with van der Waals surface area (Å²) >= 11 is 0. The van der Waals surface area contributed by atoms with Gasteiger partial charge in [0.2, 0.25) is 10.0 Å². The number of carboxylic acids is 1. The molecule has 0 heterocycles. The summed E-state index contributed by atoms with van der Waals surface area (Å²) in [5, 5.41) is 9.33. The third-order valence-corrected chi connectivity index (χ3v) is 7.24. The normalized spacial score (nSPS) is 15.9. The van der Waals surface area contributed by atoms with Crippen molar-refractivity contribution in [1.29, 1.82) is 0 Å². The fraction of sp³-hybridized carbons (Fsp3) is 0.435. The number of methoxy groups -OCH3 is 2. The van der Waals surface area contributed by atoms with Crippen molar-refractivity contribution >= 4 is 16.0 Å². The van der Waals surface area contributed by atoms with Gasteiger partial charge >= 0.3 is 5.97 Å². The third kappa shape index (κ3) is 5.77. The number of ether oxygens (including phenoxy) is 2. The predicted molar refractivity (Wildman–Crippen MR) is 117 cm³/mol. The first-order valence-electron chi connectivity index (χ1n) is 10.4. The molecule has 2 aromatic carbocycles. The molecule has 0 radical (unpaired) electrons. The zero-order valence-corrected chi connectivity index (χ0v) is 18.7. The summed E-state index contributed by atoms with van der Waals surface area (Å²) in [6.07, 6.45) is 5.51. The molecule has 0 aliphatic heterocycles. The lowest BCUT2D eigenvalue weighted by Gasteiger charge is -2.22. The van der Waals surface area contributed by atoms with E-state index in [4.69, 9.17) is 9.47 Å². The second kappa shape index (κ2) is 10.2. The van der Waals surface area contributed by atoms with Gasteiger partial charge in [0.05, 0.1) is 31.6 Å². The molecule has 7 nitrogen and oxygen atoms in total. The minimum absolute atomic E-state index is 0.114. The Morgan fingerprint density at radius 3 is 2.26 bits per heavy atom. The fourth-order valence-electron chi connectivity index (χ4n) is 4.08. The Morgan fingerprint density at radius 1 is 1.03 bits per heavy atom. The Kier molecular flexibility index (Phi) is 7.56. The molecule has 1 aliphatic rings. The molecule has 1 fully saturated rings. The van der Waals surface area contributed by atoms with E-state index >= 15 is 0 Å². The van der Waals surface area contributed by atoms with Crippen LogP contribution in [0.5, 0.6) is 11.5 Å². The van der Waals surface area contributed by atoms with E-state index in [1.807, 2.05) is 12.1 Å². The number of hydrogen-bond acceptors (Lipinski definition) is 5. The number of benzene rings is 2. The van der Waals surface area contributed by atoms with Crippen molar-refractivity contribution in [1.82, 2.24) is 4.72 Å². The molecule has 8 heteroatoms. The maximum Gasteiger partial charge on any atom is 0.305 e. The van der Waals surface area contributed by atoms with E-state index in [0.717, 1.165) is 18.4 Å². The molecule has 0 amide bonds. The molecule has 0 aromatic heterocycles. The first kappa shape index (κ1) is 23.1. The molecular formula is C23H29NO6S. The number of carbonyl (C=O) groups is 1. The summed E-state index contributed by atoms with van der Waals surface area (Å²) < 4.78 is 39.0. The van der Waals surface area contributed by atoms with Gasteiger partial charge in [0, 0.05) is 0 Å². The SMILES string of the molecule is COc1ccc(C(CC(=O)O)NS(=O)(=O)c2ccc(C3CCCCC3)cc2)cc1OC. The summed E-state index contributed by atoms with van der Waals surface area (Å²) in [7, 11) is -0.965. The molecule has 1 saturated carbocycles. The van der Waals surface area contributed by atoms with Crippen LogP contribution in [-0.2, 0) is 14.8 Å². The van der Waals surface area contributed by atoms with Crippen molar-refractivity contribution in [2.24, 2.45) is 0 Å². The van der Waals surface area contributed by atoms with Gasteiger partial charge in [0.1, 0.15) is 0 Å². The van der Waals surface area contributed by atoms with Gasteiger partial charge in [-0.1, -0.05) is 37.5 Å². The van der Waals surface area contributed by atoms with Crippen molar-refractivity contribution in [3.63, 3.8) is 0 Å². The van der Waals surface area contributed by atoms with E-state index in [2.05, 4.69) is 4.72 Å². The van der Waals surface area contributed by atoms with E-state index in [1.54, 1.807) is 30.3 Å². The van der Waals surface area contributed by atoms with Crippen LogP contribution in [0.1, 0.15) is 61.6 Å². The first-order valence-corrected chi connectivity index (χ1v) is 11.9. The lowest BCUT2D eigenvalue weighted by atomic mass is 9.84. The molecular weight excluding hydrogens is 418 g/mol. The highest BCUT2D eigenvalue weighted by molar-refractivity contribution is 7.89. The summed E-state index contributed by atoms with van der Waals surface area (Å²) in [5.41, 5.74) is 1.63. The Hall–Kier alpha value is -2.58. The molecule has 0 bridgehead atoms. The van der Waals surface area contributed by atoms with Gasteiger partial charge in [-0.15, -0.1) is 0 Å². The van der Waals surface area contributed by atoms with Crippen molar-refractivity contribution in [2.75, 3.05) is 14.2 Å². The van der Waals surface area contributed by atoms with Gasteiger partial charge in [-0.2, -0.15) is 0 Å². The molecule has 1 aliphatic carbocycles. The van der Waals surface area contributed by atoms with Crippen LogP contribution in [0.15, 0.2) is 47.4 Å². The first-order chi connectivity index (χ1) is 14.8. The highest BCUT2D eigenvalue weighted by Gasteiger charge is 2.25. The van der Waals surface area contributed by atoms with Crippen LogP contribution in [0.3, 0.4) is 0 Å². The lowest BCUT2D eigenvalue weighted by molar-refractivity contribution is -0.137. The van der Waals surface area contributed by atoms with Gasteiger partial charge in [-0.05, 0) is 54.2 Å². The quantitative estimate of drug-likeness (QED) is 0.596. The molecule has 2 N–H and O–H groups in total. The molecule has 2 aromatic rings. The highest BCUT2D eigenvalue weighted by atomic mass is 32.2. The van der Waals surface area contributed by atoms with E-state index in [0.29, 0.717) is 23.0 Å². The molecule has 0 spiro atoms. The van der Waals surface area contributed by atoms with Crippen LogP contribution in [0.4, 0.5) is 0 Å². The van der Waals surface area contributed by atoms with Gasteiger partial charge in [0.25, 0.3) is 0 Å². The van der Waals surface area contributed by atoms with Gasteiger partial charge in [0.15, 0.2) is 11.5 Å². The second-order valence-electron chi connectivity index (χ2n) is 7.79. The zero-order chi connectivity index (χ0) is 22.4. The Labute approximate surface area is 183 Å². The smallest absolute Gasteiger partial charge is 0.305 e. The number of nitrogens with one attached hydrogen (secondary N) is 1. The molecule has 1 unspecified atom stereocenters. The maximum atomic E-state index is 13.0. The second-order valence-corrected chi connectivity index (χ2v) is 9.50. The standard InChI is InChI=1S/C23H29NO6S/c1-29-21-13-10-18(14-22(21)30-2)20(15-23(25)26)24-31(27,28)19-11-8-17(9-12-19)16-6-4-3-5-7-16/h8-14,16,20,24H,3-7,15H2,1-2H3,(H,25,26). The molecule has 168 valence electrons. The number of rotatable bonds is 9. The summed E-state index contributed by atoms with van der Waals surface area (Å²) in [4.78, 5) is 11.5. The Balaban J connectivity index is 1.84. The fourth-order valence-corrected chi connectivity index (χ4v) is 5.31.